The van der Waals surface area contributed by atoms with Gasteiger partial charge in [-0.2, -0.15) is 0 Å². The lowest BCUT2D eigenvalue weighted by molar-refractivity contribution is 0.0897. The maximum Gasteiger partial charge on any atom is 0.123 e. The molecule has 1 aliphatic rings. The van der Waals surface area contributed by atoms with E-state index in [1.807, 2.05) is 0 Å². The summed E-state index contributed by atoms with van der Waals surface area (Å²) in [6, 6.07) is 9.02. The molecule has 0 radical (unpaired) electrons. The van der Waals surface area contributed by atoms with Crippen molar-refractivity contribution in [3.8, 4) is 5.75 Å². The number of hydrogen-bond acceptors (Lipinski definition) is 2. The summed E-state index contributed by atoms with van der Waals surface area (Å²) in [4.78, 5) is 0. The lowest BCUT2D eigenvalue weighted by atomic mass is 9.84. The molecule has 118 valence electrons. The van der Waals surface area contributed by atoms with Crippen molar-refractivity contribution in [2.24, 2.45) is 5.92 Å². The maximum absolute atomic E-state index is 6.47. The van der Waals surface area contributed by atoms with Gasteiger partial charge in [0.1, 0.15) is 11.9 Å². The summed E-state index contributed by atoms with van der Waals surface area (Å²) in [5, 5.41) is 3.69. The zero-order valence-corrected chi connectivity index (χ0v) is 14.1. The Bertz CT molecular complexity index is 427. The molecule has 0 aliphatic heterocycles. The lowest BCUT2D eigenvalue weighted by Gasteiger charge is -2.36. The molecule has 0 heterocycles. The number of nitrogens with one attached hydrogen (secondary N) is 1. The molecule has 0 amide bonds. The van der Waals surface area contributed by atoms with E-state index in [0.29, 0.717) is 18.1 Å². The summed E-state index contributed by atoms with van der Waals surface area (Å²) in [5.74, 6) is 2.35. The minimum absolute atomic E-state index is 0.306. The molecule has 3 unspecified atom stereocenters. The van der Waals surface area contributed by atoms with Gasteiger partial charge in [0.25, 0.3) is 0 Å². The average molecular weight is 289 g/mol. The fourth-order valence-corrected chi connectivity index (χ4v) is 3.25. The van der Waals surface area contributed by atoms with E-state index in [-0.39, 0.29) is 0 Å². The van der Waals surface area contributed by atoms with Crippen LogP contribution in [0, 0.1) is 5.92 Å². The van der Waals surface area contributed by atoms with E-state index in [0.717, 1.165) is 24.6 Å². The third kappa shape index (κ3) is 4.47. The smallest absolute Gasteiger partial charge is 0.123 e. The van der Waals surface area contributed by atoms with Gasteiger partial charge >= 0.3 is 0 Å². The first kappa shape index (κ1) is 16.4. The highest BCUT2D eigenvalue weighted by molar-refractivity contribution is 5.35. The zero-order chi connectivity index (χ0) is 15.2. The van der Waals surface area contributed by atoms with Crippen molar-refractivity contribution in [3.05, 3.63) is 29.8 Å². The third-order valence-corrected chi connectivity index (χ3v) is 4.53. The number of ether oxygens (including phenoxy) is 1. The van der Waals surface area contributed by atoms with E-state index in [9.17, 15) is 0 Å². The van der Waals surface area contributed by atoms with Crippen LogP contribution in [0.4, 0.5) is 0 Å². The maximum atomic E-state index is 6.47. The van der Waals surface area contributed by atoms with Gasteiger partial charge in [-0.25, -0.2) is 0 Å². The monoisotopic (exact) mass is 289 g/mol. The standard InChI is InChI=1S/C19H31NO/c1-5-12-20-17-11-10-15(4)13-19(17)21-18-9-7-6-8-16(18)14(2)3/h6-9,14-15,17,19-20H,5,10-13H2,1-4H3. The fraction of sp³-hybridized carbons (Fsp3) is 0.684. The van der Waals surface area contributed by atoms with Crippen LogP contribution in [0.2, 0.25) is 0 Å². The molecular weight excluding hydrogens is 258 g/mol. The molecule has 0 spiro atoms. The Morgan fingerprint density at radius 1 is 1.24 bits per heavy atom. The van der Waals surface area contributed by atoms with Gasteiger partial charge < -0.3 is 10.1 Å². The number of hydrogen-bond donors (Lipinski definition) is 1. The van der Waals surface area contributed by atoms with E-state index in [2.05, 4.69) is 57.3 Å². The highest BCUT2D eigenvalue weighted by atomic mass is 16.5. The van der Waals surface area contributed by atoms with E-state index < -0.39 is 0 Å². The van der Waals surface area contributed by atoms with Crippen molar-refractivity contribution in [2.75, 3.05) is 6.54 Å². The van der Waals surface area contributed by atoms with Crippen molar-refractivity contribution in [1.29, 1.82) is 0 Å². The molecule has 0 bridgehead atoms. The van der Waals surface area contributed by atoms with Crippen LogP contribution in [-0.2, 0) is 0 Å². The fourth-order valence-electron chi connectivity index (χ4n) is 3.25. The van der Waals surface area contributed by atoms with Crippen LogP contribution in [-0.4, -0.2) is 18.7 Å². The highest BCUT2D eigenvalue weighted by Gasteiger charge is 2.30. The van der Waals surface area contributed by atoms with Gasteiger partial charge in [-0.15, -0.1) is 0 Å². The Balaban J connectivity index is 2.10. The van der Waals surface area contributed by atoms with Crippen LogP contribution in [0.3, 0.4) is 0 Å². The Kier molecular flexibility index (Phi) is 6.10. The van der Waals surface area contributed by atoms with Gasteiger partial charge in [-0.1, -0.05) is 45.9 Å². The van der Waals surface area contributed by atoms with Gasteiger partial charge in [0.15, 0.2) is 0 Å². The van der Waals surface area contributed by atoms with Gasteiger partial charge in [0.05, 0.1) is 0 Å². The summed E-state index contributed by atoms with van der Waals surface area (Å²) >= 11 is 0. The average Bonchev–Trinajstić information content (AvgIpc) is 2.47. The number of para-hydroxylation sites is 1. The molecule has 2 nitrogen and oxygen atoms in total. The molecule has 0 aromatic heterocycles. The van der Waals surface area contributed by atoms with E-state index in [1.54, 1.807) is 0 Å². The highest BCUT2D eigenvalue weighted by Crippen LogP contribution is 2.32. The predicted molar refractivity (Wildman–Crippen MR) is 90.0 cm³/mol. The van der Waals surface area contributed by atoms with Crippen LogP contribution in [0.5, 0.6) is 5.75 Å². The first-order valence-electron chi connectivity index (χ1n) is 8.60. The molecule has 1 saturated carbocycles. The van der Waals surface area contributed by atoms with Crippen molar-refractivity contribution in [2.45, 2.75) is 71.4 Å². The second kappa shape index (κ2) is 7.84. The SMILES string of the molecule is CCCNC1CCC(C)CC1Oc1ccccc1C(C)C. The van der Waals surface area contributed by atoms with E-state index in [1.165, 1.54) is 24.8 Å². The molecule has 1 N–H and O–H groups in total. The summed E-state index contributed by atoms with van der Waals surface area (Å²) in [6.07, 6.45) is 5.19. The first-order chi connectivity index (χ1) is 10.1. The molecule has 0 saturated heterocycles. The van der Waals surface area contributed by atoms with Crippen LogP contribution in [0.1, 0.15) is 64.9 Å². The first-order valence-corrected chi connectivity index (χ1v) is 8.60. The largest absolute Gasteiger partial charge is 0.489 e. The van der Waals surface area contributed by atoms with Crippen LogP contribution < -0.4 is 10.1 Å². The molecule has 2 heteroatoms. The second-order valence-electron chi connectivity index (χ2n) is 6.83. The van der Waals surface area contributed by atoms with E-state index in [4.69, 9.17) is 4.74 Å². The van der Waals surface area contributed by atoms with Crippen molar-refractivity contribution in [3.63, 3.8) is 0 Å². The van der Waals surface area contributed by atoms with Gasteiger partial charge in [0.2, 0.25) is 0 Å². The van der Waals surface area contributed by atoms with Crippen molar-refractivity contribution < 1.29 is 4.74 Å². The number of rotatable bonds is 6. The summed E-state index contributed by atoms with van der Waals surface area (Å²) in [6.45, 7) is 10.1. The summed E-state index contributed by atoms with van der Waals surface area (Å²) < 4.78 is 6.47. The Hall–Kier alpha value is -1.02. The summed E-state index contributed by atoms with van der Waals surface area (Å²) in [5.41, 5.74) is 1.32. The normalized spacial score (nSPS) is 26.0. The molecule has 2 rings (SSSR count). The van der Waals surface area contributed by atoms with Gasteiger partial charge in [0, 0.05) is 6.04 Å². The lowest BCUT2D eigenvalue weighted by Crippen LogP contribution is -2.47. The van der Waals surface area contributed by atoms with E-state index >= 15 is 0 Å². The quantitative estimate of drug-likeness (QED) is 0.816. The van der Waals surface area contributed by atoms with Crippen LogP contribution >= 0.6 is 0 Å². The Morgan fingerprint density at radius 3 is 2.71 bits per heavy atom. The molecule has 1 aromatic carbocycles. The molecule has 1 aliphatic carbocycles. The zero-order valence-electron chi connectivity index (χ0n) is 14.1. The van der Waals surface area contributed by atoms with Crippen LogP contribution in [0.15, 0.2) is 24.3 Å². The molecule has 21 heavy (non-hydrogen) atoms. The molecule has 1 aromatic rings. The second-order valence-corrected chi connectivity index (χ2v) is 6.83. The molecular formula is C19H31NO. The topological polar surface area (TPSA) is 21.3 Å². The predicted octanol–water partition coefficient (Wildman–Crippen LogP) is 4.75. The van der Waals surface area contributed by atoms with Crippen molar-refractivity contribution in [1.82, 2.24) is 5.32 Å². The van der Waals surface area contributed by atoms with Crippen LogP contribution in [0.25, 0.3) is 0 Å². The Labute approximate surface area is 130 Å². The van der Waals surface area contributed by atoms with Gasteiger partial charge in [-0.3, -0.25) is 0 Å². The molecule has 3 atom stereocenters. The summed E-state index contributed by atoms with van der Waals surface area (Å²) in [7, 11) is 0. The Morgan fingerprint density at radius 2 is 2.00 bits per heavy atom. The van der Waals surface area contributed by atoms with Gasteiger partial charge in [-0.05, 0) is 55.7 Å². The minimum Gasteiger partial charge on any atom is -0.489 e. The van der Waals surface area contributed by atoms with Crippen molar-refractivity contribution >= 4 is 0 Å². The minimum atomic E-state index is 0.306. The third-order valence-electron chi connectivity index (χ3n) is 4.53. The molecule has 1 fully saturated rings. The number of benzene rings is 1.